The lowest BCUT2D eigenvalue weighted by Crippen LogP contribution is -2.42. The van der Waals surface area contributed by atoms with Crippen molar-refractivity contribution in [3.8, 4) is 6.07 Å². The van der Waals surface area contributed by atoms with Gasteiger partial charge in [-0.3, -0.25) is 9.59 Å². The minimum Gasteiger partial charge on any atom is -0.480 e. The van der Waals surface area contributed by atoms with E-state index in [1.807, 2.05) is 4.72 Å². The highest BCUT2D eigenvalue weighted by atomic mass is 32.2. The van der Waals surface area contributed by atoms with Crippen molar-refractivity contribution in [1.29, 1.82) is 5.26 Å². The molecule has 21 heavy (non-hydrogen) atoms. The van der Waals surface area contributed by atoms with Gasteiger partial charge >= 0.3 is 11.9 Å². The highest BCUT2D eigenvalue weighted by Crippen LogP contribution is 2.15. The third kappa shape index (κ3) is 4.27. The van der Waals surface area contributed by atoms with Crippen molar-refractivity contribution in [3.63, 3.8) is 0 Å². The quantitative estimate of drug-likeness (QED) is 0.698. The van der Waals surface area contributed by atoms with Crippen LogP contribution in [0.2, 0.25) is 0 Å². The second kappa shape index (κ2) is 6.83. The molecule has 0 heterocycles. The van der Waals surface area contributed by atoms with E-state index >= 15 is 0 Å². The number of nitriles is 1. The van der Waals surface area contributed by atoms with Gasteiger partial charge in [0.15, 0.2) is 0 Å². The molecule has 112 valence electrons. The number of rotatable bonds is 6. The minimum atomic E-state index is -4.26. The summed E-state index contributed by atoms with van der Waals surface area (Å²) in [5.41, 5.74) is -0.132. The molecule has 0 fully saturated rings. The number of carboxylic acids is 1. The predicted molar refractivity (Wildman–Crippen MR) is 69.5 cm³/mol. The molecule has 8 nitrogen and oxygen atoms in total. The number of methoxy groups -OCH3 is 1. The predicted octanol–water partition coefficient (Wildman–Crippen LogP) is -0.147. The maximum absolute atomic E-state index is 12.1. The minimum absolute atomic E-state index is 0.132. The number of nitrogens with one attached hydrogen (secondary N) is 1. The van der Waals surface area contributed by atoms with E-state index in [1.165, 1.54) is 18.2 Å². The number of aliphatic carboxylic acids is 1. The van der Waals surface area contributed by atoms with Crippen molar-refractivity contribution in [2.24, 2.45) is 0 Å². The van der Waals surface area contributed by atoms with E-state index in [1.54, 1.807) is 6.07 Å². The van der Waals surface area contributed by atoms with Crippen LogP contribution in [0.1, 0.15) is 12.0 Å². The van der Waals surface area contributed by atoms with E-state index in [9.17, 15) is 18.0 Å². The van der Waals surface area contributed by atoms with E-state index in [2.05, 4.69) is 4.74 Å². The fraction of sp³-hybridized carbons (Fsp3) is 0.250. The van der Waals surface area contributed by atoms with E-state index in [0.717, 1.165) is 13.2 Å². The van der Waals surface area contributed by atoms with Crippen LogP contribution in [0, 0.1) is 11.3 Å². The largest absolute Gasteiger partial charge is 0.480 e. The van der Waals surface area contributed by atoms with Gasteiger partial charge in [0.05, 0.1) is 24.0 Å². The van der Waals surface area contributed by atoms with Gasteiger partial charge in [-0.15, -0.1) is 0 Å². The van der Waals surface area contributed by atoms with E-state index < -0.39 is 34.4 Å². The highest BCUT2D eigenvalue weighted by Gasteiger charge is 2.29. The van der Waals surface area contributed by atoms with Crippen LogP contribution in [0.3, 0.4) is 0 Å². The average molecular weight is 312 g/mol. The maximum atomic E-state index is 12.1. The van der Waals surface area contributed by atoms with Gasteiger partial charge in [-0.2, -0.15) is 9.98 Å². The molecular weight excluding hydrogens is 300 g/mol. The topological polar surface area (TPSA) is 134 Å². The fourth-order valence-corrected chi connectivity index (χ4v) is 2.82. The first kappa shape index (κ1) is 16.6. The first-order chi connectivity index (χ1) is 9.81. The van der Waals surface area contributed by atoms with Gasteiger partial charge in [0.25, 0.3) is 0 Å². The van der Waals surface area contributed by atoms with Crippen LogP contribution in [-0.4, -0.2) is 38.6 Å². The summed E-state index contributed by atoms with van der Waals surface area (Å²) >= 11 is 0. The van der Waals surface area contributed by atoms with Crippen LogP contribution in [-0.2, 0) is 24.3 Å². The number of sulfonamides is 1. The highest BCUT2D eigenvalue weighted by molar-refractivity contribution is 7.89. The summed E-state index contributed by atoms with van der Waals surface area (Å²) < 4.78 is 30.4. The van der Waals surface area contributed by atoms with E-state index in [0.29, 0.717) is 0 Å². The van der Waals surface area contributed by atoms with Crippen LogP contribution in [0.5, 0.6) is 0 Å². The van der Waals surface area contributed by atoms with Crippen molar-refractivity contribution < 1.29 is 27.9 Å². The molecular formula is C12H12N2O6S. The number of nitrogens with zero attached hydrogens (tertiary/aromatic N) is 1. The third-order valence-corrected chi connectivity index (χ3v) is 4.02. The molecule has 2 N–H and O–H groups in total. The molecule has 0 aliphatic rings. The second-order valence-corrected chi connectivity index (χ2v) is 5.58. The standard InChI is InChI=1S/C12H12N2O6S/c1-20-11(15)6-9(12(16)17)14-21(18,19)10-5-3-2-4-8(10)7-13/h2-5,9,14H,6H2,1H3,(H,16,17)/t9-/m0/s1. The van der Waals surface area contributed by atoms with Crippen molar-refractivity contribution in [2.75, 3.05) is 7.11 Å². The molecule has 0 aliphatic heterocycles. The molecule has 0 unspecified atom stereocenters. The van der Waals surface area contributed by atoms with Crippen molar-refractivity contribution >= 4 is 22.0 Å². The average Bonchev–Trinajstić information content (AvgIpc) is 2.45. The van der Waals surface area contributed by atoms with Crippen molar-refractivity contribution in [1.82, 2.24) is 4.72 Å². The van der Waals surface area contributed by atoms with Gasteiger partial charge in [-0.1, -0.05) is 12.1 Å². The Bertz CT molecular complexity index is 692. The molecule has 0 aliphatic carbocycles. The third-order valence-electron chi connectivity index (χ3n) is 2.49. The smallest absolute Gasteiger partial charge is 0.322 e. The summed E-state index contributed by atoms with van der Waals surface area (Å²) in [6.07, 6.45) is -0.667. The monoisotopic (exact) mass is 312 g/mol. The lowest BCUT2D eigenvalue weighted by Gasteiger charge is -2.14. The molecule has 0 radical (unpaired) electrons. The summed E-state index contributed by atoms with van der Waals surface area (Å²) in [4.78, 5) is 21.8. The summed E-state index contributed by atoms with van der Waals surface area (Å²) in [6.45, 7) is 0. The Morgan fingerprint density at radius 3 is 2.57 bits per heavy atom. The van der Waals surface area contributed by atoms with Crippen molar-refractivity contribution in [3.05, 3.63) is 29.8 Å². The van der Waals surface area contributed by atoms with Gasteiger partial charge < -0.3 is 9.84 Å². The van der Waals surface area contributed by atoms with E-state index in [4.69, 9.17) is 10.4 Å². The lowest BCUT2D eigenvalue weighted by molar-refractivity contribution is -0.147. The molecule has 1 rings (SSSR count). The van der Waals surface area contributed by atoms with Crippen LogP contribution >= 0.6 is 0 Å². The molecule has 1 aromatic rings. The molecule has 0 amide bonds. The molecule has 9 heteroatoms. The van der Waals surface area contributed by atoms with Gasteiger partial charge in [-0.25, -0.2) is 8.42 Å². The first-order valence-electron chi connectivity index (χ1n) is 5.63. The molecule has 1 atom stereocenters. The van der Waals surface area contributed by atoms with Gasteiger partial charge in [0.1, 0.15) is 12.1 Å². The summed E-state index contributed by atoms with van der Waals surface area (Å²) in [5.74, 6) is -2.41. The zero-order valence-electron chi connectivity index (χ0n) is 10.9. The second-order valence-electron chi connectivity index (χ2n) is 3.90. The number of carbonyl (C=O) groups is 2. The summed E-state index contributed by atoms with van der Waals surface area (Å²) in [5, 5.41) is 17.8. The van der Waals surface area contributed by atoms with Crippen LogP contribution in [0.15, 0.2) is 29.2 Å². The number of benzene rings is 1. The van der Waals surface area contributed by atoms with Crippen LogP contribution in [0.4, 0.5) is 0 Å². The molecule has 0 bridgehead atoms. The molecule has 0 saturated carbocycles. The number of carboxylic acid groups (broad SMARTS) is 1. The molecule has 1 aromatic carbocycles. The number of hydrogen-bond acceptors (Lipinski definition) is 6. The van der Waals surface area contributed by atoms with Gasteiger partial charge in [0, 0.05) is 0 Å². The summed E-state index contributed by atoms with van der Waals surface area (Å²) in [6, 6.07) is 5.33. The molecule has 0 saturated heterocycles. The SMILES string of the molecule is COC(=O)C[C@H](NS(=O)(=O)c1ccccc1C#N)C(=O)O. The van der Waals surface area contributed by atoms with Crippen LogP contribution < -0.4 is 4.72 Å². The Morgan fingerprint density at radius 2 is 2.05 bits per heavy atom. The number of ether oxygens (including phenoxy) is 1. The summed E-state index contributed by atoms with van der Waals surface area (Å²) in [7, 11) is -3.21. The Balaban J connectivity index is 3.10. The number of hydrogen-bond donors (Lipinski definition) is 2. The Labute approximate surface area is 121 Å². The van der Waals surface area contributed by atoms with Gasteiger partial charge in [-0.05, 0) is 12.1 Å². The van der Waals surface area contributed by atoms with Gasteiger partial charge in [0.2, 0.25) is 10.0 Å². The lowest BCUT2D eigenvalue weighted by atomic mass is 10.2. The maximum Gasteiger partial charge on any atom is 0.322 e. The molecule has 0 aromatic heterocycles. The Kier molecular flexibility index (Phi) is 5.40. The number of carbonyl (C=O) groups excluding carboxylic acids is 1. The Morgan fingerprint density at radius 1 is 1.43 bits per heavy atom. The van der Waals surface area contributed by atoms with Crippen molar-refractivity contribution in [2.45, 2.75) is 17.4 Å². The van der Waals surface area contributed by atoms with E-state index in [-0.39, 0.29) is 10.5 Å². The first-order valence-corrected chi connectivity index (χ1v) is 7.11. The van der Waals surface area contributed by atoms with Crippen LogP contribution in [0.25, 0.3) is 0 Å². The Hall–Kier alpha value is -2.44. The number of esters is 1. The zero-order chi connectivity index (χ0) is 16.0. The normalized spacial score (nSPS) is 12.2. The fourth-order valence-electron chi connectivity index (χ4n) is 1.47. The molecule has 0 spiro atoms. The zero-order valence-corrected chi connectivity index (χ0v) is 11.8.